The molecule has 0 saturated carbocycles. The summed E-state index contributed by atoms with van der Waals surface area (Å²) in [5.74, 6) is 2.06. The van der Waals surface area contributed by atoms with Crippen LogP contribution in [0.2, 0.25) is 0 Å². The lowest BCUT2D eigenvalue weighted by Crippen LogP contribution is -2.22. The number of nitrogens with zero attached hydrogens (tertiary/aromatic N) is 3. The van der Waals surface area contributed by atoms with E-state index in [1.165, 1.54) is 0 Å². The minimum atomic E-state index is -0.189. The Kier molecular flexibility index (Phi) is 6.38. The molecule has 7 nitrogen and oxygen atoms in total. The van der Waals surface area contributed by atoms with Gasteiger partial charge in [0, 0.05) is 11.5 Å². The zero-order valence-electron chi connectivity index (χ0n) is 21.9. The van der Waals surface area contributed by atoms with Gasteiger partial charge in [-0.15, -0.1) is 0 Å². The van der Waals surface area contributed by atoms with Crippen LogP contribution in [0.1, 0.15) is 44.7 Å². The number of nitrogen functional groups attached to an aromatic ring is 1. The predicted molar refractivity (Wildman–Crippen MR) is 149 cm³/mol. The lowest BCUT2D eigenvalue weighted by molar-refractivity contribution is 0.242. The summed E-state index contributed by atoms with van der Waals surface area (Å²) in [6.07, 6.45) is 0.00493. The van der Waals surface area contributed by atoms with Crippen molar-refractivity contribution in [3.05, 3.63) is 88.2 Å². The summed E-state index contributed by atoms with van der Waals surface area (Å²) in [5, 5.41) is 6.15. The summed E-state index contributed by atoms with van der Waals surface area (Å²) in [6.45, 7) is 8.59. The van der Waals surface area contributed by atoms with Crippen LogP contribution in [0.4, 0.5) is 5.82 Å². The summed E-state index contributed by atoms with van der Waals surface area (Å²) < 4.78 is 14.7. The van der Waals surface area contributed by atoms with Gasteiger partial charge in [0.05, 0.1) is 31.0 Å². The van der Waals surface area contributed by atoms with Gasteiger partial charge in [-0.1, -0.05) is 44.2 Å². The first-order valence-corrected chi connectivity index (χ1v) is 12.5. The Morgan fingerprint density at radius 3 is 2.32 bits per heavy atom. The minimum Gasteiger partial charge on any atom is -0.497 e. The molecule has 0 fully saturated rings. The summed E-state index contributed by atoms with van der Waals surface area (Å²) in [4.78, 5) is 14.1. The van der Waals surface area contributed by atoms with E-state index in [1.807, 2.05) is 74.5 Å². The van der Waals surface area contributed by atoms with Crippen molar-refractivity contribution in [1.82, 2.24) is 14.3 Å². The van der Waals surface area contributed by atoms with Gasteiger partial charge in [0.25, 0.3) is 5.56 Å². The molecule has 37 heavy (non-hydrogen) atoms. The molecule has 5 aromatic rings. The molecule has 0 aliphatic heterocycles. The van der Waals surface area contributed by atoms with Crippen LogP contribution < -0.4 is 20.8 Å². The van der Waals surface area contributed by atoms with Crippen LogP contribution in [0.15, 0.2) is 71.5 Å². The van der Waals surface area contributed by atoms with E-state index in [0.717, 1.165) is 33.5 Å². The number of benzene rings is 3. The maximum atomic E-state index is 14.1. The number of fused-ring (bicyclic) bond motifs is 3. The molecule has 0 atom stereocenters. The monoisotopic (exact) mass is 496 g/mol. The van der Waals surface area contributed by atoms with Crippen LogP contribution in [-0.4, -0.2) is 27.6 Å². The number of rotatable bonds is 7. The van der Waals surface area contributed by atoms with E-state index >= 15 is 0 Å². The average molecular weight is 497 g/mol. The normalized spacial score (nSPS) is 11.6. The van der Waals surface area contributed by atoms with E-state index < -0.39 is 0 Å². The summed E-state index contributed by atoms with van der Waals surface area (Å²) >= 11 is 0. The van der Waals surface area contributed by atoms with Crippen molar-refractivity contribution in [3.63, 3.8) is 0 Å². The Balaban J connectivity index is 1.79. The number of hydrogen-bond acceptors (Lipinski definition) is 5. The van der Waals surface area contributed by atoms with E-state index in [-0.39, 0.29) is 17.6 Å². The lowest BCUT2D eigenvalue weighted by Gasteiger charge is -2.15. The van der Waals surface area contributed by atoms with E-state index in [4.69, 9.17) is 20.3 Å². The molecule has 0 saturated heterocycles. The Bertz CT molecular complexity index is 1650. The molecule has 0 unspecified atom stereocenters. The molecule has 7 heteroatoms. The Morgan fingerprint density at radius 1 is 0.946 bits per heavy atom. The largest absolute Gasteiger partial charge is 0.497 e. The molecule has 2 heterocycles. The van der Waals surface area contributed by atoms with E-state index in [0.29, 0.717) is 29.0 Å². The SMILES string of the molecule is COc1ccc(Cn2c(=O)c3c(N)n(-c4ccccc4C(C)C)nc3c3ccc(OC(C)C)cc32)cc1. The second-order valence-electron chi connectivity index (χ2n) is 9.82. The highest BCUT2D eigenvalue weighted by molar-refractivity contribution is 6.07. The number of anilines is 1. The van der Waals surface area contributed by atoms with E-state index in [9.17, 15) is 4.79 Å². The molecular formula is C30H32N4O3. The van der Waals surface area contributed by atoms with Gasteiger partial charge in [0.1, 0.15) is 28.2 Å². The summed E-state index contributed by atoms with van der Waals surface area (Å²) in [6, 6.07) is 21.5. The van der Waals surface area contributed by atoms with Crippen molar-refractivity contribution in [2.45, 2.75) is 46.3 Å². The van der Waals surface area contributed by atoms with Crippen molar-refractivity contribution in [2.75, 3.05) is 12.8 Å². The molecule has 2 aromatic heterocycles. The zero-order chi connectivity index (χ0) is 26.3. The van der Waals surface area contributed by atoms with Crippen LogP contribution in [0.3, 0.4) is 0 Å². The third-order valence-corrected chi connectivity index (χ3v) is 6.55. The molecule has 3 aromatic carbocycles. The smallest absolute Gasteiger partial charge is 0.264 e. The lowest BCUT2D eigenvalue weighted by atomic mass is 10.0. The maximum absolute atomic E-state index is 14.1. The van der Waals surface area contributed by atoms with Gasteiger partial charge in [0.2, 0.25) is 0 Å². The highest BCUT2D eigenvalue weighted by Gasteiger charge is 2.22. The van der Waals surface area contributed by atoms with Gasteiger partial charge in [-0.25, -0.2) is 4.68 Å². The van der Waals surface area contributed by atoms with Crippen molar-refractivity contribution in [2.24, 2.45) is 0 Å². The molecule has 5 rings (SSSR count). The fraction of sp³-hybridized carbons (Fsp3) is 0.267. The van der Waals surface area contributed by atoms with Gasteiger partial charge in [0.15, 0.2) is 0 Å². The van der Waals surface area contributed by atoms with Crippen LogP contribution >= 0.6 is 0 Å². The second kappa shape index (κ2) is 9.65. The Morgan fingerprint density at radius 2 is 1.65 bits per heavy atom. The quantitative estimate of drug-likeness (QED) is 0.304. The van der Waals surface area contributed by atoms with Gasteiger partial charge in [-0.2, -0.15) is 5.10 Å². The molecular weight excluding hydrogens is 464 g/mol. The summed E-state index contributed by atoms with van der Waals surface area (Å²) in [7, 11) is 1.63. The predicted octanol–water partition coefficient (Wildman–Crippen LogP) is 5.89. The first-order chi connectivity index (χ1) is 17.8. The molecule has 0 bridgehead atoms. The Labute approximate surface area is 216 Å². The number of ether oxygens (including phenoxy) is 2. The number of para-hydroxylation sites is 1. The molecule has 0 amide bonds. The van der Waals surface area contributed by atoms with Gasteiger partial charge in [-0.05, 0) is 61.2 Å². The van der Waals surface area contributed by atoms with Crippen LogP contribution in [0.5, 0.6) is 11.5 Å². The molecule has 0 aliphatic carbocycles. The second-order valence-corrected chi connectivity index (χ2v) is 9.82. The standard InChI is InChI=1S/C30H32N4O3/c1-18(2)23-8-6-7-9-25(23)34-29(31)27-28(32-34)24-15-14-22(37-19(3)4)16-26(24)33(30(27)35)17-20-10-12-21(36-5)13-11-20/h6-16,18-19H,17,31H2,1-5H3. The minimum absolute atomic E-state index is 0.00493. The van der Waals surface area contributed by atoms with Gasteiger partial charge >= 0.3 is 0 Å². The third kappa shape index (κ3) is 4.42. The fourth-order valence-electron chi connectivity index (χ4n) is 4.78. The third-order valence-electron chi connectivity index (χ3n) is 6.55. The van der Waals surface area contributed by atoms with Crippen molar-refractivity contribution >= 4 is 27.6 Å². The molecule has 0 radical (unpaired) electrons. The zero-order valence-corrected chi connectivity index (χ0v) is 21.9. The molecule has 190 valence electrons. The molecule has 2 N–H and O–H groups in total. The van der Waals surface area contributed by atoms with Crippen LogP contribution in [-0.2, 0) is 6.54 Å². The number of pyridine rings is 1. The van der Waals surface area contributed by atoms with Crippen LogP contribution in [0.25, 0.3) is 27.5 Å². The topological polar surface area (TPSA) is 84.3 Å². The van der Waals surface area contributed by atoms with E-state index in [1.54, 1.807) is 16.4 Å². The van der Waals surface area contributed by atoms with Crippen molar-refractivity contribution in [1.29, 1.82) is 0 Å². The van der Waals surface area contributed by atoms with E-state index in [2.05, 4.69) is 19.9 Å². The number of methoxy groups -OCH3 is 1. The maximum Gasteiger partial charge on any atom is 0.264 e. The van der Waals surface area contributed by atoms with Gasteiger partial charge < -0.3 is 19.8 Å². The van der Waals surface area contributed by atoms with Gasteiger partial charge in [-0.3, -0.25) is 4.79 Å². The van der Waals surface area contributed by atoms with Crippen LogP contribution in [0, 0.1) is 0 Å². The first-order valence-electron chi connectivity index (χ1n) is 12.5. The number of aromatic nitrogens is 3. The molecule has 0 spiro atoms. The molecule has 0 aliphatic rings. The summed E-state index contributed by atoms with van der Waals surface area (Å²) in [5.41, 5.74) is 10.8. The fourth-order valence-corrected chi connectivity index (χ4v) is 4.78. The van der Waals surface area contributed by atoms with Crippen molar-refractivity contribution < 1.29 is 9.47 Å². The first kappa shape index (κ1) is 24.4. The number of nitrogens with two attached hydrogens (primary N) is 1. The average Bonchev–Trinajstić information content (AvgIpc) is 3.23. The Hall–Kier alpha value is -4.26. The van der Waals surface area contributed by atoms with Crippen molar-refractivity contribution in [3.8, 4) is 17.2 Å². The highest BCUT2D eigenvalue weighted by Crippen LogP contribution is 2.32. The number of hydrogen-bond donors (Lipinski definition) is 1. The highest BCUT2D eigenvalue weighted by atomic mass is 16.5.